The van der Waals surface area contributed by atoms with Crippen LogP contribution < -0.4 is 0 Å². The van der Waals surface area contributed by atoms with E-state index in [1.807, 2.05) is 6.08 Å². The first kappa shape index (κ1) is 48.0. The Kier molecular flexibility index (Phi) is 9.24. The van der Waals surface area contributed by atoms with Crippen molar-refractivity contribution in [1.29, 1.82) is 0 Å². The van der Waals surface area contributed by atoms with E-state index in [9.17, 15) is 64.5 Å². The maximum Gasteiger partial charge on any atom is 0.316 e. The summed E-state index contributed by atoms with van der Waals surface area (Å²) in [5.74, 6) is -7.08. The molecular weight excluding hydrogens is 941 g/mol. The molecule has 15 rings (SSSR count). The monoisotopic (exact) mass is 1010 g/mol. The van der Waals surface area contributed by atoms with E-state index >= 15 is 0 Å². The molecule has 3 saturated heterocycles. The number of aliphatic hydroxyl groups is 4. The van der Waals surface area contributed by atoms with E-state index in [1.54, 1.807) is 39.0 Å². The molecular formula is C57H68O16. The number of ether oxygens (including phenoxy) is 3. The third-order valence-corrected chi connectivity index (χ3v) is 24.6. The highest BCUT2D eigenvalue weighted by Gasteiger charge is 2.86. The minimum Gasteiger partial charge on any atom is -0.481 e. The van der Waals surface area contributed by atoms with Crippen LogP contribution in [0.5, 0.6) is 0 Å². The zero-order chi connectivity index (χ0) is 52.1. The summed E-state index contributed by atoms with van der Waals surface area (Å²) in [5, 5.41) is 73.0. The lowest BCUT2D eigenvalue weighted by atomic mass is 9.59. The first-order valence-electron chi connectivity index (χ1n) is 26.7. The van der Waals surface area contributed by atoms with Gasteiger partial charge in [-0.1, -0.05) is 43.0 Å². The van der Waals surface area contributed by atoms with Gasteiger partial charge in [-0.2, -0.15) is 0 Å². The number of carboxylic acid groups (broad SMARTS) is 3. The van der Waals surface area contributed by atoms with Crippen LogP contribution in [0.25, 0.3) is 0 Å². The van der Waals surface area contributed by atoms with Gasteiger partial charge in [0.25, 0.3) is 0 Å². The summed E-state index contributed by atoms with van der Waals surface area (Å²) in [6.45, 7) is 17.5. The molecule has 73 heavy (non-hydrogen) atoms. The number of hydrogen-bond acceptors (Lipinski definition) is 13. The van der Waals surface area contributed by atoms with Crippen molar-refractivity contribution in [1.82, 2.24) is 0 Å². The van der Waals surface area contributed by atoms with Crippen molar-refractivity contribution < 1.29 is 78.7 Å². The molecule has 0 aromatic carbocycles. The van der Waals surface area contributed by atoms with E-state index in [1.165, 1.54) is 5.57 Å². The molecule has 3 aliphatic heterocycles. The largest absolute Gasteiger partial charge is 0.481 e. The molecule has 392 valence electrons. The van der Waals surface area contributed by atoms with Crippen LogP contribution in [0.2, 0.25) is 0 Å². The van der Waals surface area contributed by atoms with Crippen LogP contribution in [0.1, 0.15) is 111 Å². The zero-order valence-electron chi connectivity index (χ0n) is 41.7. The maximum atomic E-state index is 12.7. The second-order valence-electron chi connectivity index (χ2n) is 26.7. The third-order valence-electron chi connectivity index (χ3n) is 24.6. The lowest BCUT2D eigenvalue weighted by Gasteiger charge is -2.44. The molecule has 7 N–H and O–H groups in total. The maximum absolute atomic E-state index is 12.7. The summed E-state index contributed by atoms with van der Waals surface area (Å²) < 4.78 is 17.8. The Hall–Kier alpha value is -4.64. The number of carbonyl (C=O) groups excluding carboxylic acids is 3. The van der Waals surface area contributed by atoms with Gasteiger partial charge in [0.05, 0.1) is 47.1 Å². The summed E-state index contributed by atoms with van der Waals surface area (Å²) in [4.78, 5) is 75.2. The van der Waals surface area contributed by atoms with E-state index in [4.69, 9.17) is 14.2 Å². The highest BCUT2D eigenvalue weighted by Crippen LogP contribution is 2.81. The standard InChI is InChI=1S/C19H22O6.C19H24O5.C19H22O5/c1-9-7-17-8-18(9,24)5-3-10(17)19-6-4-11(20)16(2,15(23)25-19)13(19)12(17)14(21)22;2*1-9-7-18-8-10(9)3-4-11(18)19-6-5-12(20)17(2,16(23)24-19)14(19)13(18)15(21)22/h4,6,10-13,20,24H,1,3,5,7-8H2,2H3,(H,21,22);10-14,20H,1,3-8H2,2H3,(H,21,22);5-6,10-14,20H,1,3-4,7-8H2,2H3,(H,21,22)/t10?,11?,12-,13-,16-,17+,18+,19-;2*10-,11?,12?,13-,14-,17-,18+,19-/m111/s1. The average Bonchev–Trinajstić information content (AvgIpc) is 4.12. The lowest BCUT2D eigenvalue weighted by Crippen LogP contribution is -2.53. The van der Waals surface area contributed by atoms with Crippen molar-refractivity contribution in [3.8, 4) is 0 Å². The molecule has 12 aliphatic carbocycles. The Bertz CT molecular complexity index is 2760. The van der Waals surface area contributed by atoms with Crippen molar-refractivity contribution in [3.63, 3.8) is 0 Å². The van der Waals surface area contributed by atoms with E-state index in [-0.39, 0.29) is 23.2 Å². The van der Waals surface area contributed by atoms with Gasteiger partial charge in [-0.25, -0.2) is 0 Å². The minimum absolute atomic E-state index is 0.00104. The number of aliphatic hydroxyl groups excluding tert-OH is 3. The number of allylic oxidation sites excluding steroid dienone is 2. The van der Waals surface area contributed by atoms with Gasteiger partial charge in [-0.3, -0.25) is 28.8 Å². The molecule has 3 spiro atoms. The minimum atomic E-state index is -1.27. The van der Waals surface area contributed by atoms with Gasteiger partial charge in [0.2, 0.25) is 0 Å². The molecule has 13 fully saturated rings. The molecule has 0 aromatic heterocycles. The highest BCUT2D eigenvalue weighted by molar-refractivity contribution is 5.88. The Morgan fingerprint density at radius 2 is 1.01 bits per heavy atom. The van der Waals surface area contributed by atoms with Gasteiger partial charge in [0.15, 0.2) is 0 Å². The normalized spacial score (nSPS) is 57.5. The second-order valence-corrected chi connectivity index (χ2v) is 26.7. The average molecular weight is 1010 g/mol. The molecule has 0 amide bonds. The number of rotatable bonds is 3. The summed E-state index contributed by atoms with van der Waals surface area (Å²) in [5.41, 5.74) is -5.54. The van der Waals surface area contributed by atoms with Gasteiger partial charge in [-0.05, 0) is 156 Å². The smallest absolute Gasteiger partial charge is 0.316 e. The van der Waals surface area contributed by atoms with E-state index in [0.717, 1.165) is 50.5 Å². The number of aliphatic carboxylic acids is 3. The van der Waals surface area contributed by atoms with Gasteiger partial charge < -0.3 is 50.0 Å². The molecule has 10 saturated carbocycles. The fourth-order valence-electron chi connectivity index (χ4n) is 21.9. The number of carboxylic acids is 3. The van der Waals surface area contributed by atoms with Crippen LogP contribution in [0.4, 0.5) is 0 Å². The van der Waals surface area contributed by atoms with Gasteiger partial charge in [-0.15, -0.1) is 0 Å². The van der Waals surface area contributed by atoms with Crippen molar-refractivity contribution in [3.05, 3.63) is 60.8 Å². The molecule has 0 aromatic rings. The van der Waals surface area contributed by atoms with Crippen LogP contribution in [0.3, 0.4) is 0 Å². The van der Waals surface area contributed by atoms with Crippen LogP contribution >= 0.6 is 0 Å². The predicted octanol–water partition coefficient (Wildman–Crippen LogP) is 5.08. The second kappa shape index (κ2) is 14.0. The Labute approximate surface area is 423 Å². The topological polar surface area (TPSA) is 272 Å². The van der Waals surface area contributed by atoms with Crippen molar-refractivity contribution in [2.24, 2.45) is 97.6 Å². The summed E-state index contributed by atoms with van der Waals surface area (Å²) >= 11 is 0. The van der Waals surface area contributed by atoms with Crippen LogP contribution in [-0.2, 0) is 43.0 Å². The predicted molar refractivity (Wildman–Crippen MR) is 253 cm³/mol. The Balaban J connectivity index is 0.000000106. The van der Waals surface area contributed by atoms with Crippen LogP contribution in [-0.4, -0.2) is 112 Å². The Morgan fingerprint density at radius 3 is 1.53 bits per heavy atom. The zero-order valence-corrected chi connectivity index (χ0v) is 41.7. The van der Waals surface area contributed by atoms with E-state index in [0.29, 0.717) is 62.4 Å². The molecule has 12 bridgehead atoms. The number of esters is 3. The SMILES string of the molecule is C=C1C[C@]23C[C@@]1(O)CCC2[C@@]12C=CC(O)[C@@](C)(C(=O)O1)[C@H]2[C@@H]3C(=O)O.C=C1C[C@]23C[C@H]1CCC2[C@@]12C=CC(O)[C@@](C)(C(=O)O1)[C@H]2[C@@H]3C(=O)O.C=C1C[C@]23C[C@H]1CCC2[C@@]12CCC(O)[C@@](C)(C(=O)O1)[C@H]2[C@@H]3C(=O)O. The highest BCUT2D eigenvalue weighted by atomic mass is 16.6. The van der Waals surface area contributed by atoms with Crippen molar-refractivity contribution >= 4 is 35.8 Å². The van der Waals surface area contributed by atoms with Crippen LogP contribution in [0, 0.1) is 97.6 Å². The van der Waals surface area contributed by atoms with E-state index in [2.05, 4.69) is 19.7 Å². The molecule has 0 radical (unpaired) electrons. The van der Waals surface area contributed by atoms with E-state index < -0.39 is 139 Å². The van der Waals surface area contributed by atoms with Gasteiger partial charge in [0, 0.05) is 35.5 Å². The third kappa shape index (κ3) is 5.02. The molecule has 16 heteroatoms. The van der Waals surface area contributed by atoms with Crippen molar-refractivity contribution in [2.45, 2.75) is 151 Å². The van der Waals surface area contributed by atoms with Gasteiger partial charge in [0.1, 0.15) is 27.6 Å². The van der Waals surface area contributed by atoms with Gasteiger partial charge >= 0.3 is 35.8 Å². The van der Waals surface area contributed by atoms with Crippen molar-refractivity contribution in [2.75, 3.05) is 0 Å². The molecule has 15 aliphatic rings. The Morgan fingerprint density at radius 1 is 0.562 bits per heavy atom. The summed E-state index contributed by atoms with van der Waals surface area (Å²) in [6.07, 6.45) is 13.7. The molecule has 24 atom stereocenters. The fraction of sp³-hybridized carbons (Fsp3) is 0.719. The van der Waals surface area contributed by atoms with Crippen LogP contribution in [0.15, 0.2) is 60.8 Å². The fourth-order valence-corrected chi connectivity index (χ4v) is 21.9. The number of carbonyl (C=O) groups is 6. The first-order chi connectivity index (χ1) is 34.2. The number of fused-ring (bicyclic) bond motifs is 3. The molecule has 3 heterocycles. The lowest BCUT2D eigenvalue weighted by molar-refractivity contribution is -0.164. The number of hydrogen-bond donors (Lipinski definition) is 7. The molecule has 16 nitrogen and oxygen atoms in total. The quantitative estimate of drug-likeness (QED) is 0.110. The molecule has 6 unspecified atom stereocenters. The summed E-state index contributed by atoms with van der Waals surface area (Å²) in [7, 11) is 0. The summed E-state index contributed by atoms with van der Waals surface area (Å²) in [6, 6.07) is 0. The first-order valence-corrected chi connectivity index (χ1v) is 26.7.